The van der Waals surface area contributed by atoms with E-state index in [2.05, 4.69) is 10.3 Å². The zero-order valence-electron chi connectivity index (χ0n) is 9.85. The Balaban J connectivity index is 2.35. The van der Waals surface area contributed by atoms with Gasteiger partial charge in [-0.05, 0) is 18.2 Å². The molecule has 2 aromatic rings. The van der Waals surface area contributed by atoms with Gasteiger partial charge in [0.2, 0.25) is 0 Å². The molecule has 0 amide bonds. The molecule has 0 fully saturated rings. The molecule has 2 rings (SSSR count). The summed E-state index contributed by atoms with van der Waals surface area (Å²) >= 11 is 5.89. The number of benzene rings is 1. The summed E-state index contributed by atoms with van der Waals surface area (Å²) in [5, 5.41) is 21.9. The van der Waals surface area contributed by atoms with E-state index in [-0.39, 0.29) is 13.0 Å². The number of hydrogen-bond acceptors (Lipinski definition) is 4. The van der Waals surface area contributed by atoms with Gasteiger partial charge in [0.15, 0.2) is 0 Å². The molecule has 6 heteroatoms. The molecule has 0 aliphatic rings. The maximum atomic E-state index is 10.5. The Labute approximate surface area is 114 Å². The van der Waals surface area contributed by atoms with Gasteiger partial charge in [-0.2, -0.15) is 5.26 Å². The summed E-state index contributed by atoms with van der Waals surface area (Å²) in [6.07, 6.45) is -0.0415. The predicted octanol–water partition coefficient (Wildman–Crippen LogP) is 2.65. The van der Waals surface area contributed by atoms with E-state index >= 15 is 0 Å². The monoisotopic (exact) mass is 275 g/mol. The number of fused-ring (bicyclic) bond motifs is 1. The Kier molecular flexibility index (Phi) is 3.83. The van der Waals surface area contributed by atoms with Gasteiger partial charge in [0.1, 0.15) is 11.9 Å². The minimum absolute atomic E-state index is 0.0415. The van der Waals surface area contributed by atoms with Crippen LogP contribution < -0.4 is 5.32 Å². The van der Waals surface area contributed by atoms with Crippen LogP contribution in [0.3, 0.4) is 0 Å². The number of halogens is 1. The van der Waals surface area contributed by atoms with Gasteiger partial charge in [-0.25, -0.2) is 4.98 Å². The van der Waals surface area contributed by atoms with E-state index in [1.54, 1.807) is 24.3 Å². The van der Waals surface area contributed by atoms with Crippen molar-refractivity contribution in [2.45, 2.75) is 6.42 Å². The lowest BCUT2D eigenvalue weighted by Gasteiger charge is -2.07. The van der Waals surface area contributed by atoms with Crippen LogP contribution in [0.15, 0.2) is 24.3 Å². The molecule has 0 saturated heterocycles. The van der Waals surface area contributed by atoms with Crippen molar-refractivity contribution >= 4 is 34.3 Å². The van der Waals surface area contributed by atoms with Crippen molar-refractivity contribution in [3.63, 3.8) is 0 Å². The zero-order chi connectivity index (χ0) is 13.8. The van der Waals surface area contributed by atoms with Gasteiger partial charge in [0.05, 0.1) is 17.5 Å². The summed E-state index contributed by atoms with van der Waals surface area (Å²) in [6.45, 7) is 0.211. The van der Waals surface area contributed by atoms with Crippen molar-refractivity contribution in [3.8, 4) is 6.07 Å². The van der Waals surface area contributed by atoms with Crippen LogP contribution in [0.4, 0.5) is 5.82 Å². The molecule has 0 saturated carbocycles. The first-order valence-electron chi connectivity index (χ1n) is 5.56. The average Bonchev–Trinajstić information content (AvgIpc) is 2.37. The maximum absolute atomic E-state index is 10.5. The fourth-order valence-electron chi connectivity index (χ4n) is 1.65. The smallest absolute Gasteiger partial charge is 0.305 e. The van der Waals surface area contributed by atoms with Gasteiger partial charge in [-0.3, -0.25) is 4.79 Å². The summed E-state index contributed by atoms with van der Waals surface area (Å²) in [4.78, 5) is 14.8. The second-order valence-corrected chi connectivity index (χ2v) is 4.34. The third kappa shape index (κ3) is 3.12. The first kappa shape index (κ1) is 13.1. The average molecular weight is 276 g/mol. The summed E-state index contributed by atoms with van der Waals surface area (Å²) in [6, 6.07) is 8.94. The van der Waals surface area contributed by atoms with Gasteiger partial charge in [0.25, 0.3) is 0 Å². The fourth-order valence-corrected chi connectivity index (χ4v) is 1.81. The van der Waals surface area contributed by atoms with E-state index in [9.17, 15) is 4.79 Å². The molecule has 0 atom stereocenters. The summed E-state index contributed by atoms with van der Waals surface area (Å²) in [7, 11) is 0. The molecule has 19 heavy (non-hydrogen) atoms. The largest absolute Gasteiger partial charge is 0.481 e. The number of nitrogens with one attached hydrogen (secondary N) is 1. The number of rotatable bonds is 4. The van der Waals surface area contributed by atoms with E-state index in [1.807, 2.05) is 6.07 Å². The molecule has 0 spiro atoms. The minimum Gasteiger partial charge on any atom is -0.481 e. The highest BCUT2D eigenvalue weighted by molar-refractivity contribution is 6.31. The van der Waals surface area contributed by atoms with Crippen molar-refractivity contribution in [1.29, 1.82) is 5.26 Å². The molecule has 5 nitrogen and oxygen atoms in total. The second-order valence-electron chi connectivity index (χ2n) is 3.90. The number of nitrogens with zero attached hydrogens (tertiary/aromatic N) is 2. The molecule has 1 heterocycles. The fraction of sp³-hybridized carbons (Fsp3) is 0.154. The molecule has 1 aromatic carbocycles. The number of anilines is 1. The highest BCUT2D eigenvalue weighted by Gasteiger charge is 2.07. The molecule has 0 aliphatic carbocycles. The standard InChI is InChI=1S/C13H10ClN3O2/c14-10-2-1-8-5-9(7-15)13(17-11(8)6-10)16-4-3-12(18)19/h1-2,5-6H,3-4H2,(H,16,17)(H,18,19). The number of nitriles is 1. The Morgan fingerprint density at radius 1 is 1.47 bits per heavy atom. The maximum Gasteiger partial charge on any atom is 0.305 e. The molecule has 0 aliphatic heterocycles. The highest BCUT2D eigenvalue weighted by Crippen LogP contribution is 2.22. The van der Waals surface area contributed by atoms with Gasteiger partial charge in [-0.15, -0.1) is 0 Å². The SMILES string of the molecule is N#Cc1cc2ccc(Cl)cc2nc1NCCC(=O)O. The third-order valence-electron chi connectivity index (χ3n) is 2.53. The van der Waals surface area contributed by atoms with E-state index < -0.39 is 5.97 Å². The molecule has 96 valence electrons. The topological polar surface area (TPSA) is 86.0 Å². The van der Waals surface area contributed by atoms with Gasteiger partial charge < -0.3 is 10.4 Å². The van der Waals surface area contributed by atoms with Crippen LogP contribution in [0.25, 0.3) is 10.9 Å². The minimum atomic E-state index is -0.908. The number of hydrogen-bond donors (Lipinski definition) is 2. The lowest BCUT2D eigenvalue weighted by Crippen LogP contribution is -2.09. The Morgan fingerprint density at radius 3 is 2.95 bits per heavy atom. The van der Waals surface area contributed by atoms with Crippen LogP contribution in [-0.4, -0.2) is 22.6 Å². The van der Waals surface area contributed by atoms with Crippen LogP contribution in [0.5, 0.6) is 0 Å². The Hall–Kier alpha value is -2.32. The summed E-state index contributed by atoms with van der Waals surface area (Å²) in [5.74, 6) is -0.534. The molecule has 0 bridgehead atoms. The zero-order valence-corrected chi connectivity index (χ0v) is 10.6. The van der Waals surface area contributed by atoms with E-state index in [0.29, 0.717) is 21.9 Å². The van der Waals surface area contributed by atoms with Crippen molar-refractivity contribution in [2.24, 2.45) is 0 Å². The lowest BCUT2D eigenvalue weighted by atomic mass is 10.1. The third-order valence-corrected chi connectivity index (χ3v) is 2.77. The van der Waals surface area contributed by atoms with E-state index in [4.69, 9.17) is 22.0 Å². The molecular weight excluding hydrogens is 266 g/mol. The highest BCUT2D eigenvalue weighted by atomic mass is 35.5. The number of carbonyl (C=O) groups is 1. The van der Waals surface area contributed by atoms with Gasteiger partial charge >= 0.3 is 5.97 Å². The molecule has 0 unspecified atom stereocenters. The summed E-state index contributed by atoms with van der Waals surface area (Å²) < 4.78 is 0. The van der Waals surface area contributed by atoms with Crippen molar-refractivity contribution in [1.82, 2.24) is 4.98 Å². The second kappa shape index (κ2) is 5.55. The van der Waals surface area contributed by atoms with Gasteiger partial charge in [-0.1, -0.05) is 17.7 Å². The van der Waals surface area contributed by atoms with Crippen molar-refractivity contribution in [2.75, 3.05) is 11.9 Å². The van der Waals surface area contributed by atoms with E-state index in [1.165, 1.54) is 0 Å². The van der Waals surface area contributed by atoms with Crippen LogP contribution in [-0.2, 0) is 4.79 Å². The molecule has 2 N–H and O–H groups in total. The normalized spacial score (nSPS) is 10.1. The lowest BCUT2D eigenvalue weighted by molar-refractivity contribution is -0.136. The number of carboxylic acid groups (broad SMARTS) is 1. The first-order chi connectivity index (χ1) is 9.10. The predicted molar refractivity (Wildman–Crippen MR) is 72.2 cm³/mol. The van der Waals surface area contributed by atoms with Crippen molar-refractivity contribution in [3.05, 3.63) is 34.9 Å². The number of aliphatic carboxylic acids is 1. The van der Waals surface area contributed by atoms with Gasteiger partial charge in [0, 0.05) is 17.0 Å². The van der Waals surface area contributed by atoms with Crippen molar-refractivity contribution < 1.29 is 9.90 Å². The molecule has 0 radical (unpaired) electrons. The quantitative estimate of drug-likeness (QED) is 0.896. The Morgan fingerprint density at radius 2 is 2.26 bits per heavy atom. The van der Waals surface area contributed by atoms with Crippen LogP contribution in [0.1, 0.15) is 12.0 Å². The Bertz CT molecular complexity index is 679. The van der Waals surface area contributed by atoms with E-state index in [0.717, 1.165) is 5.39 Å². The summed E-state index contributed by atoms with van der Waals surface area (Å²) in [5.41, 5.74) is 1.03. The number of carboxylic acids is 1. The van der Waals surface area contributed by atoms with Crippen LogP contribution in [0.2, 0.25) is 5.02 Å². The molecular formula is C13H10ClN3O2. The molecule has 1 aromatic heterocycles. The number of pyridine rings is 1. The number of aromatic nitrogens is 1. The van der Waals surface area contributed by atoms with Crippen LogP contribution >= 0.6 is 11.6 Å². The van der Waals surface area contributed by atoms with Crippen LogP contribution in [0, 0.1) is 11.3 Å². The first-order valence-corrected chi connectivity index (χ1v) is 5.94.